The molecule has 0 N–H and O–H groups in total. The normalized spacial score (nSPS) is 11.9. The Balaban J connectivity index is 1.15. The Bertz CT molecular complexity index is 2910. The highest BCUT2D eigenvalue weighted by atomic mass is 16.3. The van der Waals surface area contributed by atoms with Gasteiger partial charge in [-0.3, -0.25) is 9.13 Å². The zero-order chi connectivity index (χ0) is 33.5. The lowest BCUT2D eigenvalue weighted by Crippen LogP contribution is -2.10. The zero-order valence-corrected chi connectivity index (χ0v) is 27.2. The molecule has 6 heteroatoms. The summed E-state index contributed by atoms with van der Waals surface area (Å²) >= 11 is 0. The van der Waals surface area contributed by atoms with Gasteiger partial charge in [-0.1, -0.05) is 133 Å². The Morgan fingerprint density at radius 2 is 0.784 bits per heavy atom. The van der Waals surface area contributed by atoms with Crippen molar-refractivity contribution in [3.05, 3.63) is 164 Å². The number of aromatic nitrogens is 5. The van der Waals surface area contributed by atoms with E-state index >= 15 is 0 Å². The fourth-order valence-corrected chi connectivity index (χ4v) is 7.73. The summed E-state index contributed by atoms with van der Waals surface area (Å²) in [6, 6.07) is 56.7. The second-order valence-electron chi connectivity index (χ2n) is 12.9. The Labute approximate surface area is 291 Å². The maximum atomic E-state index is 6.37. The molecule has 0 bridgehead atoms. The molecule has 0 aliphatic heterocycles. The molecule has 4 heterocycles. The summed E-state index contributed by atoms with van der Waals surface area (Å²) in [5.41, 5.74) is 8.92. The van der Waals surface area contributed by atoms with Crippen molar-refractivity contribution >= 4 is 65.6 Å². The Morgan fingerprint density at radius 3 is 1.31 bits per heavy atom. The number of fused-ring (bicyclic) bond motifs is 9. The van der Waals surface area contributed by atoms with E-state index in [1.165, 1.54) is 0 Å². The van der Waals surface area contributed by atoms with E-state index < -0.39 is 0 Å². The molecular weight excluding hydrogens is 627 g/mol. The van der Waals surface area contributed by atoms with E-state index in [0.717, 1.165) is 82.2 Å². The Kier molecular flexibility index (Phi) is 5.86. The SMILES string of the molecule is c1ccc2c(c1)oc1c(-c3ccc(-c4nc(-n5c6ccccc6c6ccccc65)nc(-n5c6ccccc6c6ccccc65)n4)cc3)cccc12. The Morgan fingerprint density at radius 1 is 0.353 bits per heavy atom. The predicted octanol–water partition coefficient (Wildman–Crippen LogP) is 11.3. The van der Waals surface area contributed by atoms with Crippen molar-refractivity contribution in [3.8, 4) is 34.4 Å². The fourth-order valence-electron chi connectivity index (χ4n) is 7.73. The summed E-state index contributed by atoms with van der Waals surface area (Å²) in [6.07, 6.45) is 0. The van der Waals surface area contributed by atoms with Gasteiger partial charge < -0.3 is 4.42 Å². The molecule has 0 fully saturated rings. The maximum absolute atomic E-state index is 6.37. The molecule has 11 aromatic rings. The molecule has 238 valence electrons. The van der Waals surface area contributed by atoms with Gasteiger partial charge in [0, 0.05) is 43.4 Å². The van der Waals surface area contributed by atoms with Crippen molar-refractivity contribution in [1.29, 1.82) is 0 Å². The first-order chi connectivity index (χ1) is 25.3. The summed E-state index contributed by atoms with van der Waals surface area (Å²) < 4.78 is 10.7. The van der Waals surface area contributed by atoms with Crippen molar-refractivity contribution in [2.45, 2.75) is 0 Å². The molecule has 0 spiro atoms. The Hall–Kier alpha value is -7.05. The highest BCUT2D eigenvalue weighted by molar-refractivity contribution is 6.11. The third-order valence-electron chi connectivity index (χ3n) is 10.0. The van der Waals surface area contributed by atoms with Crippen molar-refractivity contribution in [2.24, 2.45) is 0 Å². The van der Waals surface area contributed by atoms with E-state index in [-0.39, 0.29) is 0 Å². The van der Waals surface area contributed by atoms with Crippen LogP contribution in [0.1, 0.15) is 0 Å². The van der Waals surface area contributed by atoms with Crippen LogP contribution >= 0.6 is 0 Å². The fraction of sp³-hybridized carbons (Fsp3) is 0. The lowest BCUT2D eigenvalue weighted by atomic mass is 10.0. The lowest BCUT2D eigenvalue weighted by molar-refractivity contribution is 0.670. The van der Waals surface area contributed by atoms with Crippen molar-refractivity contribution in [2.75, 3.05) is 0 Å². The van der Waals surface area contributed by atoms with Crippen LogP contribution in [-0.4, -0.2) is 24.1 Å². The molecule has 0 amide bonds. The molecule has 51 heavy (non-hydrogen) atoms. The quantitative estimate of drug-likeness (QED) is 0.190. The van der Waals surface area contributed by atoms with E-state index in [1.807, 2.05) is 12.1 Å². The van der Waals surface area contributed by atoms with Gasteiger partial charge >= 0.3 is 0 Å². The maximum Gasteiger partial charge on any atom is 0.240 e. The van der Waals surface area contributed by atoms with Gasteiger partial charge in [-0.15, -0.1) is 0 Å². The molecule has 4 aromatic heterocycles. The third-order valence-corrected chi connectivity index (χ3v) is 10.0. The van der Waals surface area contributed by atoms with Crippen LogP contribution in [0.2, 0.25) is 0 Å². The number of furan rings is 1. The van der Waals surface area contributed by atoms with E-state index in [2.05, 4.69) is 161 Å². The predicted molar refractivity (Wildman–Crippen MR) is 207 cm³/mol. The zero-order valence-electron chi connectivity index (χ0n) is 27.2. The van der Waals surface area contributed by atoms with Gasteiger partial charge in [-0.05, 0) is 35.9 Å². The van der Waals surface area contributed by atoms with Crippen LogP contribution in [0.25, 0.3) is 100.0 Å². The first-order valence-electron chi connectivity index (χ1n) is 17.0. The smallest absolute Gasteiger partial charge is 0.240 e. The molecular formula is C45H27N5O. The van der Waals surface area contributed by atoms with Gasteiger partial charge in [0.05, 0.1) is 22.1 Å². The minimum Gasteiger partial charge on any atom is -0.455 e. The highest BCUT2D eigenvalue weighted by Crippen LogP contribution is 2.37. The van der Waals surface area contributed by atoms with Gasteiger partial charge in [0.1, 0.15) is 11.2 Å². The second-order valence-corrected chi connectivity index (χ2v) is 12.9. The molecule has 0 aliphatic rings. The van der Waals surface area contributed by atoms with Crippen LogP contribution in [0, 0.1) is 0 Å². The summed E-state index contributed by atoms with van der Waals surface area (Å²) in [7, 11) is 0. The van der Waals surface area contributed by atoms with E-state index in [1.54, 1.807) is 0 Å². The molecule has 0 aliphatic carbocycles. The van der Waals surface area contributed by atoms with Crippen LogP contribution in [0.4, 0.5) is 0 Å². The lowest BCUT2D eigenvalue weighted by Gasteiger charge is -2.13. The second kappa shape index (κ2) is 10.7. The van der Waals surface area contributed by atoms with E-state index in [9.17, 15) is 0 Å². The van der Waals surface area contributed by atoms with Gasteiger partial charge in [-0.2, -0.15) is 15.0 Å². The highest BCUT2D eigenvalue weighted by Gasteiger charge is 2.20. The monoisotopic (exact) mass is 653 g/mol. The third kappa shape index (κ3) is 4.14. The largest absolute Gasteiger partial charge is 0.455 e. The van der Waals surface area contributed by atoms with E-state index in [4.69, 9.17) is 19.4 Å². The molecule has 6 nitrogen and oxygen atoms in total. The molecule has 11 rings (SSSR count). The first kappa shape index (κ1) is 27.9. The van der Waals surface area contributed by atoms with Crippen molar-refractivity contribution in [1.82, 2.24) is 24.1 Å². The minimum atomic E-state index is 0.561. The van der Waals surface area contributed by atoms with Crippen molar-refractivity contribution in [3.63, 3.8) is 0 Å². The van der Waals surface area contributed by atoms with Crippen molar-refractivity contribution < 1.29 is 4.42 Å². The summed E-state index contributed by atoms with van der Waals surface area (Å²) in [5.74, 6) is 1.71. The minimum absolute atomic E-state index is 0.561. The van der Waals surface area contributed by atoms with E-state index in [0.29, 0.717) is 17.7 Å². The van der Waals surface area contributed by atoms with Gasteiger partial charge in [0.15, 0.2) is 5.82 Å². The summed E-state index contributed by atoms with van der Waals surface area (Å²) in [6.45, 7) is 0. The number of para-hydroxylation sites is 6. The standard InChI is InChI=1S/C45H27N5O/c1-6-19-37-31(12-1)32-13-2-7-20-38(32)49(37)44-46-43(47-45(48-44)50-39-21-8-3-14-33(39)34-15-4-9-22-40(34)50)29-26-24-28(25-27-29)30-17-11-18-36-35-16-5-10-23-41(35)51-42(30)36/h1-27H. The summed E-state index contributed by atoms with van der Waals surface area (Å²) in [4.78, 5) is 15.7. The van der Waals surface area contributed by atoms with Crippen LogP contribution in [0.5, 0.6) is 0 Å². The van der Waals surface area contributed by atoms with Gasteiger partial charge in [0.25, 0.3) is 0 Å². The number of benzene rings is 7. The topological polar surface area (TPSA) is 61.7 Å². The molecule has 0 atom stereocenters. The van der Waals surface area contributed by atoms with Gasteiger partial charge in [0.2, 0.25) is 11.9 Å². The number of hydrogen-bond donors (Lipinski definition) is 0. The molecule has 0 unspecified atom stereocenters. The first-order valence-corrected chi connectivity index (χ1v) is 17.0. The van der Waals surface area contributed by atoms with Gasteiger partial charge in [-0.25, -0.2) is 0 Å². The van der Waals surface area contributed by atoms with Crippen LogP contribution in [0.15, 0.2) is 168 Å². The molecule has 0 radical (unpaired) electrons. The van der Waals surface area contributed by atoms with Crippen LogP contribution in [0.3, 0.4) is 0 Å². The van der Waals surface area contributed by atoms with Crippen LogP contribution < -0.4 is 0 Å². The number of nitrogens with zero attached hydrogens (tertiary/aromatic N) is 5. The average molecular weight is 654 g/mol. The van der Waals surface area contributed by atoms with Crippen LogP contribution in [-0.2, 0) is 0 Å². The molecule has 7 aromatic carbocycles. The molecule has 0 saturated carbocycles. The number of hydrogen-bond acceptors (Lipinski definition) is 4. The number of rotatable bonds is 4. The molecule has 0 saturated heterocycles. The summed E-state index contributed by atoms with van der Waals surface area (Å²) in [5, 5.41) is 6.83. The average Bonchev–Trinajstić information content (AvgIpc) is 3.86.